The van der Waals surface area contributed by atoms with E-state index >= 15 is 0 Å². The van der Waals surface area contributed by atoms with Crippen LogP contribution in [-0.2, 0) is 0 Å². The molecule has 2 N–H and O–H groups in total. The summed E-state index contributed by atoms with van der Waals surface area (Å²) in [5.74, 6) is 0. The molecule has 0 spiro atoms. The van der Waals surface area contributed by atoms with Gasteiger partial charge in [0.1, 0.15) is 0 Å². The summed E-state index contributed by atoms with van der Waals surface area (Å²) >= 11 is 0.991. The lowest BCUT2D eigenvalue weighted by molar-refractivity contribution is 0.0409. The average Bonchev–Trinajstić information content (AvgIpc) is 1.38. The molecule has 0 amide bonds. The van der Waals surface area contributed by atoms with Gasteiger partial charge in [0.25, 0.3) is 0 Å². The largest absolute Gasteiger partial charge is 0.360 e. The van der Waals surface area contributed by atoms with Crippen LogP contribution < -0.4 is 0 Å². The van der Waals surface area contributed by atoms with Gasteiger partial charge in [-0.25, -0.2) is 0 Å². The van der Waals surface area contributed by atoms with Crippen molar-refractivity contribution in [3.05, 3.63) is 0 Å². The number of rotatable bonds is 1. The van der Waals surface area contributed by atoms with Gasteiger partial charge in [-0.05, 0) is 6.26 Å². The third kappa shape index (κ3) is 4.27. The summed E-state index contributed by atoms with van der Waals surface area (Å²) in [5.41, 5.74) is -1.20. The van der Waals surface area contributed by atoms with E-state index in [9.17, 15) is 0 Å². The second kappa shape index (κ2) is 2.50. The maximum atomic E-state index is 7.88. The van der Waals surface area contributed by atoms with Crippen molar-refractivity contribution in [3.8, 4) is 0 Å². The van der Waals surface area contributed by atoms with Gasteiger partial charge in [0, 0.05) is 0 Å². The van der Waals surface area contributed by atoms with Crippen molar-refractivity contribution in [2.45, 2.75) is 5.62 Å². The molecule has 0 aliphatic carbocycles. The second-order valence-corrected chi connectivity index (χ2v) is 1.46. The molecule has 3 heteroatoms. The quantitative estimate of drug-likeness (QED) is 0.435. The van der Waals surface area contributed by atoms with Crippen molar-refractivity contribution >= 4 is 11.8 Å². The van der Waals surface area contributed by atoms with Gasteiger partial charge in [0.15, 0.2) is 0 Å². The Labute approximate surface area is 34.8 Å². The second-order valence-electron chi connectivity index (χ2n) is 0.562. The van der Waals surface area contributed by atoms with Gasteiger partial charge in [0.05, 0.1) is 0 Å². The lowest BCUT2D eigenvalue weighted by Crippen LogP contribution is -1.93. The zero-order chi connectivity index (χ0) is 4.28. The van der Waals surface area contributed by atoms with Crippen LogP contribution in [0.4, 0.5) is 0 Å². The number of aliphatic hydroxyl groups excluding tert-OH is 1. The Morgan fingerprint density at radius 2 is 1.80 bits per heavy atom. The van der Waals surface area contributed by atoms with Crippen molar-refractivity contribution in [2.24, 2.45) is 0 Å². The Balaban J connectivity index is 2.54. The van der Waals surface area contributed by atoms with Gasteiger partial charge >= 0.3 is 0 Å². The van der Waals surface area contributed by atoms with Crippen molar-refractivity contribution in [3.63, 3.8) is 0 Å². The maximum absolute atomic E-state index is 7.88. The first kappa shape index (κ1) is 5.27. The first-order valence-corrected chi connectivity index (χ1v) is 2.45. The van der Waals surface area contributed by atoms with Crippen LogP contribution in [0.3, 0.4) is 0 Å². The minimum Gasteiger partial charge on any atom is -0.360 e. The topological polar surface area (TPSA) is 40.5 Å². The Kier molecular flexibility index (Phi) is 2.64. The molecule has 0 atom stereocenters. The molecule has 0 aromatic rings. The molecule has 0 aromatic heterocycles. The minimum absolute atomic E-state index is 0.991. The van der Waals surface area contributed by atoms with Crippen molar-refractivity contribution < 1.29 is 10.2 Å². The third-order valence-electron chi connectivity index (χ3n) is 0.211. The molecule has 0 aromatic carbocycles. The highest BCUT2D eigenvalue weighted by molar-refractivity contribution is 7.98. The molecule has 0 aliphatic heterocycles. The van der Waals surface area contributed by atoms with Crippen LogP contribution in [-0.4, -0.2) is 22.1 Å². The summed E-state index contributed by atoms with van der Waals surface area (Å²) in [6.45, 7) is 0. The molecule has 0 aliphatic rings. The van der Waals surface area contributed by atoms with Crippen LogP contribution in [0.15, 0.2) is 0 Å². The first-order valence-electron chi connectivity index (χ1n) is 1.16. The molecule has 0 unspecified atom stereocenters. The number of aliphatic hydroxyl groups is 2. The number of hydrogen-bond donors (Lipinski definition) is 2. The van der Waals surface area contributed by atoms with E-state index in [1.165, 1.54) is 0 Å². The van der Waals surface area contributed by atoms with E-state index in [1.54, 1.807) is 6.26 Å². The fourth-order valence-electron chi connectivity index (χ4n) is 0. The molecule has 5 heavy (non-hydrogen) atoms. The zero-order valence-corrected chi connectivity index (χ0v) is 3.70. The lowest BCUT2D eigenvalue weighted by atomic mass is 11.5. The standard InChI is InChI=1S/C2H6O2S/c1-5-2(3)4/h2-4H,1H3. The average molecular weight is 94.1 g/mol. The molecule has 0 heterocycles. The summed E-state index contributed by atoms with van der Waals surface area (Å²) in [5, 5.41) is 15.8. The smallest absolute Gasteiger partial charge is 0.201 e. The van der Waals surface area contributed by atoms with Gasteiger partial charge in [-0.3, -0.25) is 0 Å². The van der Waals surface area contributed by atoms with E-state index in [-0.39, 0.29) is 0 Å². The highest BCUT2D eigenvalue weighted by Gasteiger charge is 1.83. The summed E-state index contributed by atoms with van der Waals surface area (Å²) < 4.78 is 0. The van der Waals surface area contributed by atoms with Crippen molar-refractivity contribution in [1.82, 2.24) is 0 Å². The molecule has 2 nitrogen and oxygen atoms in total. The van der Waals surface area contributed by atoms with E-state index in [0.29, 0.717) is 0 Å². The predicted molar refractivity (Wildman–Crippen MR) is 21.7 cm³/mol. The van der Waals surface area contributed by atoms with E-state index in [2.05, 4.69) is 0 Å². The van der Waals surface area contributed by atoms with E-state index in [1.807, 2.05) is 0 Å². The molecule has 0 saturated carbocycles. The van der Waals surface area contributed by atoms with Crippen LogP contribution >= 0.6 is 11.8 Å². The van der Waals surface area contributed by atoms with E-state index in [0.717, 1.165) is 11.8 Å². The van der Waals surface area contributed by atoms with Crippen molar-refractivity contribution in [2.75, 3.05) is 6.26 Å². The predicted octanol–water partition coefficient (Wildman–Crippen LogP) is -0.382. The summed E-state index contributed by atoms with van der Waals surface area (Å²) in [7, 11) is 0. The normalized spacial score (nSPS) is 9.60. The van der Waals surface area contributed by atoms with Crippen LogP contribution in [0.5, 0.6) is 0 Å². The molecular formula is C2H6O2S. The van der Waals surface area contributed by atoms with E-state index < -0.39 is 5.62 Å². The highest BCUT2D eigenvalue weighted by atomic mass is 32.2. The maximum Gasteiger partial charge on any atom is 0.201 e. The van der Waals surface area contributed by atoms with Crippen LogP contribution in [0.1, 0.15) is 0 Å². The highest BCUT2D eigenvalue weighted by Crippen LogP contribution is 1.93. The molecule has 0 radical (unpaired) electrons. The summed E-state index contributed by atoms with van der Waals surface area (Å²) in [4.78, 5) is 0. The van der Waals surface area contributed by atoms with Crippen molar-refractivity contribution in [1.29, 1.82) is 0 Å². The molecule has 0 bridgehead atoms. The van der Waals surface area contributed by atoms with Gasteiger partial charge < -0.3 is 10.2 Å². The lowest BCUT2D eigenvalue weighted by Gasteiger charge is -1.89. The fraction of sp³-hybridized carbons (Fsp3) is 1.00. The Hall–Kier alpha value is 0.270. The fourth-order valence-corrected chi connectivity index (χ4v) is 0. The summed E-state index contributed by atoms with van der Waals surface area (Å²) in [6, 6.07) is 0. The Bertz CT molecular complexity index is 21.6. The van der Waals surface area contributed by atoms with E-state index in [4.69, 9.17) is 10.2 Å². The molecular weight excluding hydrogens is 88.1 g/mol. The molecule has 0 rings (SSSR count). The molecule has 0 fully saturated rings. The molecule has 0 saturated heterocycles. The van der Waals surface area contributed by atoms with Gasteiger partial charge in [-0.2, -0.15) is 0 Å². The van der Waals surface area contributed by atoms with Gasteiger partial charge in [-0.15, -0.1) is 11.8 Å². The van der Waals surface area contributed by atoms with Gasteiger partial charge in [-0.1, -0.05) is 0 Å². The minimum atomic E-state index is -1.20. The van der Waals surface area contributed by atoms with Crippen LogP contribution in [0.25, 0.3) is 0 Å². The number of hydrogen-bond acceptors (Lipinski definition) is 3. The van der Waals surface area contributed by atoms with Crippen LogP contribution in [0.2, 0.25) is 0 Å². The SMILES string of the molecule is CSC(O)O. The molecule has 32 valence electrons. The summed E-state index contributed by atoms with van der Waals surface area (Å²) in [6.07, 6.45) is 1.62. The Morgan fingerprint density at radius 1 is 1.60 bits per heavy atom. The van der Waals surface area contributed by atoms with Gasteiger partial charge in [0.2, 0.25) is 5.62 Å². The van der Waals surface area contributed by atoms with Crippen LogP contribution in [0, 0.1) is 0 Å². The number of thioether (sulfide) groups is 1. The first-order chi connectivity index (χ1) is 2.27. The zero-order valence-electron chi connectivity index (χ0n) is 2.88. The third-order valence-corrected chi connectivity index (χ3v) is 0.632. The monoisotopic (exact) mass is 94.0 g/mol. The Morgan fingerprint density at radius 3 is 1.80 bits per heavy atom.